The van der Waals surface area contributed by atoms with Crippen molar-refractivity contribution in [3.8, 4) is 0 Å². The Kier molecular flexibility index (Phi) is 4.64. The first-order valence-electron chi connectivity index (χ1n) is 8.59. The van der Waals surface area contributed by atoms with Crippen molar-refractivity contribution in [1.82, 2.24) is 9.47 Å². The zero-order valence-electron chi connectivity index (χ0n) is 14.1. The summed E-state index contributed by atoms with van der Waals surface area (Å²) in [6, 6.07) is 5.35. The van der Waals surface area contributed by atoms with Gasteiger partial charge >= 0.3 is 0 Å². The molecule has 1 saturated carbocycles. The highest BCUT2D eigenvalue weighted by Crippen LogP contribution is 2.37. The minimum atomic E-state index is -0.310. The van der Waals surface area contributed by atoms with Crippen LogP contribution in [0, 0.1) is 11.8 Å². The predicted molar refractivity (Wildman–Crippen MR) is 87.9 cm³/mol. The summed E-state index contributed by atoms with van der Waals surface area (Å²) in [6.07, 6.45) is 5.10. The second-order valence-corrected chi connectivity index (χ2v) is 6.81. The van der Waals surface area contributed by atoms with Crippen LogP contribution in [0.25, 0.3) is 0 Å². The molecule has 2 unspecified atom stereocenters. The molecule has 1 aliphatic heterocycles. The number of pyridine rings is 1. The molecule has 0 N–H and O–H groups in total. The van der Waals surface area contributed by atoms with Crippen LogP contribution in [0.1, 0.15) is 44.3 Å². The van der Waals surface area contributed by atoms with Crippen LogP contribution >= 0.6 is 0 Å². The SMILES string of the molecule is CC(C)N=c1ccccn1C(=O)CN1C(=O)C2CCCCC2C1=O. The predicted octanol–water partition coefficient (Wildman–Crippen LogP) is 1.61. The number of carbonyl (C=O) groups is 3. The first-order chi connectivity index (χ1) is 11.5. The summed E-state index contributed by atoms with van der Waals surface area (Å²) in [5.74, 6) is -1.12. The lowest BCUT2D eigenvalue weighted by Gasteiger charge is -2.19. The molecule has 1 saturated heterocycles. The molecule has 0 radical (unpaired) electrons. The highest BCUT2D eigenvalue weighted by molar-refractivity contribution is 6.07. The molecule has 0 spiro atoms. The Morgan fingerprint density at radius 1 is 1.17 bits per heavy atom. The third-order valence-corrected chi connectivity index (χ3v) is 4.72. The summed E-state index contributed by atoms with van der Waals surface area (Å²) in [7, 11) is 0. The van der Waals surface area contributed by atoms with Gasteiger partial charge in [0.1, 0.15) is 12.0 Å². The molecule has 2 heterocycles. The molecule has 2 fully saturated rings. The molecular formula is C18H23N3O3. The van der Waals surface area contributed by atoms with Crippen molar-refractivity contribution in [2.45, 2.75) is 45.6 Å². The van der Waals surface area contributed by atoms with E-state index in [4.69, 9.17) is 0 Å². The van der Waals surface area contributed by atoms with E-state index in [2.05, 4.69) is 4.99 Å². The Bertz CT molecular complexity index is 711. The Morgan fingerprint density at radius 2 is 1.79 bits per heavy atom. The van der Waals surface area contributed by atoms with Crippen molar-refractivity contribution in [1.29, 1.82) is 0 Å². The lowest BCUT2D eigenvalue weighted by molar-refractivity contribution is -0.139. The monoisotopic (exact) mass is 329 g/mol. The van der Waals surface area contributed by atoms with Gasteiger partial charge in [0.25, 0.3) is 5.91 Å². The van der Waals surface area contributed by atoms with Gasteiger partial charge in [-0.05, 0) is 38.8 Å². The number of nitrogens with zero attached hydrogens (tertiary/aromatic N) is 3. The highest BCUT2D eigenvalue weighted by Gasteiger charge is 2.48. The van der Waals surface area contributed by atoms with Gasteiger partial charge in [0.15, 0.2) is 0 Å². The van der Waals surface area contributed by atoms with Crippen molar-refractivity contribution in [3.05, 3.63) is 29.9 Å². The van der Waals surface area contributed by atoms with Gasteiger partial charge in [0, 0.05) is 12.2 Å². The molecule has 1 aromatic heterocycles. The number of fused-ring (bicyclic) bond motifs is 1. The second-order valence-electron chi connectivity index (χ2n) is 6.81. The van der Waals surface area contributed by atoms with Crippen molar-refractivity contribution < 1.29 is 14.4 Å². The van der Waals surface area contributed by atoms with Gasteiger partial charge in [-0.3, -0.25) is 28.8 Å². The molecule has 24 heavy (non-hydrogen) atoms. The summed E-state index contributed by atoms with van der Waals surface area (Å²) >= 11 is 0. The zero-order valence-corrected chi connectivity index (χ0v) is 14.1. The summed E-state index contributed by atoms with van der Waals surface area (Å²) in [4.78, 5) is 43.2. The molecule has 6 nitrogen and oxygen atoms in total. The van der Waals surface area contributed by atoms with Gasteiger partial charge in [-0.1, -0.05) is 18.9 Å². The molecule has 3 rings (SSSR count). The van der Waals surface area contributed by atoms with E-state index in [1.54, 1.807) is 18.3 Å². The Labute approximate surface area is 141 Å². The summed E-state index contributed by atoms with van der Waals surface area (Å²) in [5, 5.41) is 0. The lowest BCUT2D eigenvalue weighted by Crippen LogP contribution is -2.40. The van der Waals surface area contributed by atoms with Crippen LogP contribution in [-0.2, 0) is 9.59 Å². The van der Waals surface area contributed by atoms with Crippen LogP contribution in [0.5, 0.6) is 0 Å². The van der Waals surface area contributed by atoms with Crippen LogP contribution in [-0.4, -0.2) is 39.8 Å². The van der Waals surface area contributed by atoms with E-state index in [1.807, 2.05) is 19.9 Å². The van der Waals surface area contributed by atoms with Crippen LogP contribution in [0.3, 0.4) is 0 Å². The van der Waals surface area contributed by atoms with Crippen LogP contribution in [0.15, 0.2) is 29.4 Å². The van der Waals surface area contributed by atoms with Gasteiger partial charge < -0.3 is 0 Å². The maximum absolute atomic E-state index is 12.7. The number of rotatable bonds is 3. The number of amides is 2. The first-order valence-corrected chi connectivity index (χ1v) is 8.59. The quantitative estimate of drug-likeness (QED) is 0.791. The van der Waals surface area contributed by atoms with E-state index < -0.39 is 0 Å². The molecule has 1 aromatic rings. The molecule has 2 amide bonds. The van der Waals surface area contributed by atoms with Gasteiger partial charge in [0.2, 0.25) is 11.8 Å². The van der Waals surface area contributed by atoms with Crippen LogP contribution in [0.4, 0.5) is 0 Å². The van der Waals surface area contributed by atoms with Gasteiger partial charge in [-0.25, -0.2) is 0 Å². The standard InChI is InChI=1S/C18H23N3O3/c1-12(2)19-15-9-5-6-10-20(15)16(22)11-21-17(23)13-7-3-4-8-14(13)18(21)24/h5-6,9-10,12-14H,3-4,7-8,11H2,1-2H3. The van der Waals surface area contributed by atoms with E-state index >= 15 is 0 Å². The number of hydrogen-bond acceptors (Lipinski definition) is 4. The minimum absolute atomic E-state index is 0.0457. The smallest absolute Gasteiger partial charge is 0.252 e. The van der Waals surface area contributed by atoms with Crippen molar-refractivity contribution in [2.24, 2.45) is 16.8 Å². The summed E-state index contributed by atoms with van der Waals surface area (Å²) in [6.45, 7) is 3.65. The zero-order chi connectivity index (χ0) is 17.3. The van der Waals surface area contributed by atoms with Crippen molar-refractivity contribution >= 4 is 17.7 Å². The molecule has 1 aliphatic carbocycles. The normalized spacial score (nSPS) is 24.6. The average Bonchev–Trinajstić information content (AvgIpc) is 2.80. The van der Waals surface area contributed by atoms with Crippen molar-refractivity contribution in [3.63, 3.8) is 0 Å². The highest BCUT2D eigenvalue weighted by atomic mass is 16.2. The fourth-order valence-corrected chi connectivity index (χ4v) is 3.61. The Hall–Kier alpha value is -2.24. The number of imide groups is 1. The number of aromatic nitrogens is 1. The minimum Gasteiger partial charge on any atom is -0.274 e. The number of carbonyl (C=O) groups excluding carboxylic acids is 3. The molecular weight excluding hydrogens is 306 g/mol. The maximum Gasteiger partial charge on any atom is 0.252 e. The summed E-state index contributed by atoms with van der Waals surface area (Å²) < 4.78 is 1.42. The third-order valence-electron chi connectivity index (χ3n) is 4.72. The van der Waals surface area contributed by atoms with Crippen LogP contribution in [0.2, 0.25) is 0 Å². The number of likely N-dealkylation sites (tertiary alicyclic amines) is 1. The molecule has 6 heteroatoms. The second kappa shape index (κ2) is 6.71. The van der Waals surface area contributed by atoms with E-state index in [0.29, 0.717) is 5.49 Å². The fraction of sp³-hybridized carbons (Fsp3) is 0.556. The number of hydrogen-bond donors (Lipinski definition) is 0. The first kappa shape index (κ1) is 16.6. The van der Waals surface area contributed by atoms with Crippen molar-refractivity contribution in [2.75, 3.05) is 6.54 Å². The topological polar surface area (TPSA) is 71.7 Å². The van der Waals surface area contributed by atoms with Gasteiger partial charge in [-0.15, -0.1) is 0 Å². The molecule has 2 aliphatic rings. The third kappa shape index (κ3) is 3.05. The Balaban J connectivity index is 1.83. The van der Waals surface area contributed by atoms with E-state index in [1.165, 1.54) is 4.57 Å². The van der Waals surface area contributed by atoms with E-state index in [9.17, 15) is 14.4 Å². The average molecular weight is 329 g/mol. The van der Waals surface area contributed by atoms with E-state index in [-0.39, 0.29) is 42.1 Å². The molecule has 2 atom stereocenters. The lowest BCUT2D eigenvalue weighted by atomic mass is 9.81. The fourth-order valence-electron chi connectivity index (χ4n) is 3.61. The van der Waals surface area contributed by atoms with Gasteiger partial charge in [-0.2, -0.15) is 0 Å². The Morgan fingerprint density at radius 3 is 2.38 bits per heavy atom. The summed E-state index contributed by atoms with van der Waals surface area (Å²) in [5.41, 5.74) is 0.536. The van der Waals surface area contributed by atoms with Gasteiger partial charge in [0.05, 0.1) is 11.8 Å². The molecule has 0 aromatic carbocycles. The van der Waals surface area contributed by atoms with E-state index in [0.717, 1.165) is 30.6 Å². The molecule has 0 bridgehead atoms. The van der Waals surface area contributed by atoms with Crippen LogP contribution < -0.4 is 5.49 Å². The maximum atomic E-state index is 12.7. The molecule has 128 valence electrons. The largest absolute Gasteiger partial charge is 0.274 e.